The fourth-order valence-electron chi connectivity index (χ4n) is 3.70. The molecule has 21 heavy (non-hydrogen) atoms. The molecule has 1 saturated heterocycles. The van der Waals surface area contributed by atoms with E-state index in [2.05, 4.69) is 11.9 Å². The van der Waals surface area contributed by atoms with Crippen LogP contribution in [0.15, 0.2) is 12.7 Å². The molecule has 0 aromatic carbocycles. The van der Waals surface area contributed by atoms with Crippen molar-refractivity contribution in [1.82, 2.24) is 10.2 Å². The van der Waals surface area contributed by atoms with Crippen molar-refractivity contribution in [2.75, 3.05) is 13.6 Å². The van der Waals surface area contributed by atoms with Gasteiger partial charge in [-0.25, -0.2) is 0 Å². The van der Waals surface area contributed by atoms with Gasteiger partial charge in [0, 0.05) is 19.6 Å². The Morgan fingerprint density at radius 1 is 1.29 bits per heavy atom. The van der Waals surface area contributed by atoms with Crippen LogP contribution in [0.5, 0.6) is 0 Å². The first-order chi connectivity index (χ1) is 9.72. The molecule has 1 saturated carbocycles. The molecule has 2 aliphatic rings. The van der Waals surface area contributed by atoms with Gasteiger partial charge in [0.25, 0.3) is 0 Å². The number of hydrogen-bond acceptors (Lipinski definition) is 2. The predicted octanol–water partition coefficient (Wildman–Crippen LogP) is 3.53. The largest absolute Gasteiger partial charge is 0.344 e. The molecule has 1 amide bonds. The lowest BCUT2D eigenvalue weighted by Crippen LogP contribution is -2.44. The van der Waals surface area contributed by atoms with Crippen LogP contribution >= 0.6 is 12.4 Å². The lowest BCUT2D eigenvalue weighted by molar-refractivity contribution is -0.131. The van der Waals surface area contributed by atoms with Gasteiger partial charge in [-0.15, -0.1) is 19.0 Å². The summed E-state index contributed by atoms with van der Waals surface area (Å²) in [6, 6.07) is 0.694. The Morgan fingerprint density at radius 3 is 2.76 bits per heavy atom. The highest BCUT2D eigenvalue weighted by molar-refractivity contribution is 5.85. The second kappa shape index (κ2) is 9.47. The highest BCUT2D eigenvalue weighted by Crippen LogP contribution is 2.33. The number of nitrogens with zero attached hydrogens (tertiary/aromatic N) is 1. The van der Waals surface area contributed by atoms with Gasteiger partial charge >= 0.3 is 0 Å². The van der Waals surface area contributed by atoms with Crippen LogP contribution in [0, 0.1) is 5.92 Å². The summed E-state index contributed by atoms with van der Waals surface area (Å²) in [5.74, 6) is 1.06. The van der Waals surface area contributed by atoms with Crippen molar-refractivity contribution in [3.8, 4) is 0 Å². The van der Waals surface area contributed by atoms with E-state index in [-0.39, 0.29) is 18.4 Å². The molecule has 2 fully saturated rings. The molecule has 0 radical (unpaired) electrons. The number of likely N-dealkylation sites (N-methyl/N-ethyl adjacent to an activating group) is 1. The lowest BCUT2D eigenvalue weighted by atomic mass is 9.85. The normalized spacial score (nSPS) is 27.6. The number of fused-ring (bicyclic) bond motifs is 1. The van der Waals surface area contributed by atoms with Crippen molar-refractivity contribution >= 4 is 18.3 Å². The molecule has 1 heterocycles. The third kappa shape index (κ3) is 5.30. The molecule has 0 aromatic rings. The molecule has 1 aliphatic heterocycles. The number of amides is 1. The first kappa shape index (κ1) is 18.5. The van der Waals surface area contributed by atoms with Crippen molar-refractivity contribution in [2.24, 2.45) is 5.92 Å². The van der Waals surface area contributed by atoms with E-state index in [0.717, 1.165) is 31.7 Å². The Labute approximate surface area is 136 Å². The van der Waals surface area contributed by atoms with Crippen LogP contribution in [-0.2, 0) is 4.79 Å². The molecule has 3 unspecified atom stereocenters. The Kier molecular flexibility index (Phi) is 8.35. The molecular formula is C17H31ClN2O. The van der Waals surface area contributed by atoms with Crippen LogP contribution in [0.4, 0.5) is 0 Å². The summed E-state index contributed by atoms with van der Waals surface area (Å²) in [5.41, 5.74) is 0. The number of halogens is 1. The second-order valence-corrected chi connectivity index (χ2v) is 6.50. The standard InChI is InChI=1S/C17H30N2O.ClH/c1-3-4-5-6-9-12-19(2)17(20)16-13-14-10-7-8-11-15(14)18-16;/h3,14-16,18H,1,4-13H2,2H3;1H. The number of allylic oxidation sites excluding steroid dienone is 1. The van der Waals surface area contributed by atoms with Crippen molar-refractivity contribution in [2.45, 2.75) is 69.9 Å². The molecule has 0 aromatic heterocycles. The summed E-state index contributed by atoms with van der Waals surface area (Å²) in [4.78, 5) is 14.4. The summed E-state index contributed by atoms with van der Waals surface area (Å²) in [5, 5.41) is 3.58. The van der Waals surface area contributed by atoms with Crippen LogP contribution in [0.2, 0.25) is 0 Å². The number of hydrogen-bond donors (Lipinski definition) is 1. The van der Waals surface area contributed by atoms with Crippen molar-refractivity contribution in [1.29, 1.82) is 0 Å². The SMILES string of the molecule is C=CCCCCCN(C)C(=O)C1CC2CCCCC2N1.Cl. The van der Waals surface area contributed by atoms with E-state index in [0.29, 0.717) is 11.9 Å². The van der Waals surface area contributed by atoms with Crippen molar-refractivity contribution in [3.05, 3.63) is 12.7 Å². The maximum atomic E-state index is 12.5. The highest BCUT2D eigenvalue weighted by atomic mass is 35.5. The van der Waals surface area contributed by atoms with E-state index in [1.165, 1.54) is 38.5 Å². The van der Waals surface area contributed by atoms with E-state index < -0.39 is 0 Å². The number of rotatable bonds is 7. The molecule has 0 spiro atoms. The first-order valence-corrected chi connectivity index (χ1v) is 8.34. The average Bonchev–Trinajstić information content (AvgIpc) is 2.89. The minimum absolute atomic E-state index is 0. The fourth-order valence-corrected chi connectivity index (χ4v) is 3.70. The summed E-state index contributed by atoms with van der Waals surface area (Å²) in [6.07, 6.45) is 12.9. The molecule has 1 aliphatic carbocycles. The maximum absolute atomic E-state index is 12.5. The third-order valence-electron chi connectivity index (χ3n) is 4.94. The van der Waals surface area contributed by atoms with E-state index in [4.69, 9.17) is 0 Å². The molecule has 0 bridgehead atoms. The Bertz CT molecular complexity index is 321. The lowest BCUT2D eigenvalue weighted by Gasteiger charge is -2.24. The smallest absolute Gasteiger partial charge is 0.239 e. The molecule has 122 valence electrons. The molecule has 1 N–H and O–H groups in total. The Morgan fingerprint density at radius 2 is 2.05 bits per heavy atom. The second-order valence-electron chi connectivity index (χ2n) is 6.50. The van der Waals surface area contributed by atoms with Gasteiger partial charge in [0.2, 0.25) is 5.91 Å². The highest BCUT2D eigenvalue weighted by Gasteiger charge is 2.38. The molecule has 4 heteroatoms. The van der Waals surface area contributed by atoms with Gasteiger partial charge in [-0.3, -0.25) is 4.79 Å². The van der Waals surface area contributed by atoms with Crippen LogP contribution in [0.3, 0.4) is 0 Å². The van der Waals surface area contributed by atoms with Gasteiger partial charge in [0.15, 0.2) is 0 Å². The van der Waals surface area contributed by atoms with E-state index >= 15 is 0 Å². The number of unbranched alkanes of at least 4 members (excludes halogenated alkanes) is 3. The van der Waals surface area contributed by atoms with E-state index in [9.17, 15) is 4.79 Å². The van der Waals surface area contributed by atoms with Crippen molar-refractivity contribution in [3.63, 3.8) is 0 Å². The van der Waals surface area contributed by atoms with Crippen LogP contribution in [0.1, 0.15) is 57.8 Å². The Balaban J connectivity index is 0.00000220. The molecular weight excluding hydrogens is 284 g/mol. The average molecular weight is 315 g/mol. The van der Waals surface area contributed by atoms with Gasteiger partial charge < -0.3 is 10.2 Å². The van der Waals surface area contributed by atoms with Gasteiger partial charge in [-0.05, 0) is 44.4 Å². The maximum Gasteiger partial charge on any atom is 0.239 e. The quantitative estimate of drug-likeness (QED) is 0.576. The van der Waals surface area contributed by atoms with E-state index in [1.54, 1.807) is 0 Å². The monoisotopic (exact) mass is 314 g/mol. The number of nitrogens with one attached hydrogen (secondary N) is 1. The zero-order valence-electron chi connectivity index (χ0n) is 13.4. The van der Waals surface area contributed by atoms with Crippen molar-refractivity contribution < 1.29 is 4.79 Å². The summed E-state index contributed by atoms with van der Waals surface area (Å²) in [7, 11) is 1.96. The Hall–Kier alpha value is -0.540. The third-order valence-corrected chi connectivity index (χ3v) is 4.94. The topological polar surface area (TPSA) is 32.3 Å². The summed E-state index contributed by atoms with van der Waals surface area (Å²) in [6.45, 7) is 4.63. The first-order valence-electron chi connectivity index (χ1n) is 8.34. The van der Waals surface area contributed by atoms with Gasteiger partial charge in [0.1, 0.15) is 0 Å². The van der Waals surface area contributed by atoms with Crippen LogP contribution in [0.25, 0.3) is 0 Å². The number of carbonyl (C=O) groups excluding carboxylic acids is 1. The van der Waals surface area contributed by atoms with E-state index in [1.807, 2.05) is 18.0 Å². The van der Waals surface area contributed by atoms with Gasteiger partial charge in [-0.1, -0.05) is 25.3 Å². The summed E-state index contributed by atoms with van der Waals surface area (Å²) >= 11 is 0. The zero-order valence-corrected chi connectivity index (χ0v) is 14.2. The molecule has 3 atom stereocenters. The van der Waals surface area contributed by atoms with Gasteiger partial charge in [-0.2, -0.15) is 0 Å². The van der Waals surface area contributed by atoms with Crippen LogP contribution < -0.4 is 5.32 Å². The van der Waals surface area contributed by atoms with Gasteiger partial charge in [0.05, 0.1) is 6.04 Å². The zero-order chi connectivity index (χ0) is 14.4. The predicted molar refractivity (Wildman–Crippen MR) is 90.8 cm³/mol. The molecule has 3 nitrogen and oxygen atoms in total. The number of carbonyl (C=O) groups is 1. The molecule has 2 rings (SSSR count). The van der Waals surface area contributed by atoms with Crippen LogP contribution in [-0.4, -0.2) is 36.5 Å². The minimum atomic E-state index is 0. The summed E-state index contributed by atoms with van der Waals surface area (Å²) < 4.78 is 0. The fraction of sp³-hybridized carbons (Fsp3) is 0.824. The minimum Gasteiger partial charge on any atom is -0.344 e.